The lowest BCUT2D eigenvalue weighted by Gasteiger charge is -2.32. The van der Waals surface area contributed by atoms with Crippen molar-refractivity contribution in [1.82, 2.24) is 19.7 Å². The molecule has 1 amide bonds. The summed E-state index contributed by atoms with van der Waals surface area (Å²) in [5, 5.41) is 7.13. The summed E-state index contributed by atoms with van der Waals surface area (Å²) < 4.78 is 1.87. The van der Waals surface area contributed by atoms with Crippen LogP contribution in [0.25, 0.3) is 0 Å². The van der Waals surface area contributed by atoms with E-state index in [1.165, 1.54) is 25.3 Å². The van der Waals surface area contributed by atoms with Gasteiger partial charge >= 0.3 is 0 Å². The number of carbonyl (C=O) groups is 1. The average molecular weight is 355 g/mol. The highest BCUT2D eigenvalue weighted by Crippen LogP contribution is 2.23. The molecule has 0 aliphatic carbocycles. The number of rotatable bonds is 5. The standard InChI is InChI=1S/C20H29N5O/c1-14-8-18(9-15(2)21-14)10-17-6-5-7-25(12-17)13-19-11-20(22-16(3)26)23-24(19)4/h8-9,11,17H,5-7,10,12-13H2,1-4H3,(H,22,23,26)/t17-/m1/s1. The van der Waals surface area contributed by atoms with Crippen LogP contribution in [0, 0.1) is 19.8 Å². The van der Waals surface area contributed by atoms with E-state index in [4.69, 9.17) is 0 Å². The molecular weight excluding hydrogens is 326 g/mol. The molecule has 0 radical (unpaired) electrons. The van der Waals surface area contributed by atoms with E-state index >= 15 is 0 Å². The number of aromatic nitrogens is 3. The molecule has 0 spiro atoms. The number of anilines is 1. The van der Waals surface area contributed by atoms with Crippen LogP contribution < -0.4 is 5.32 Å². The molecular formula is C20H29N5O. The molecule has 1 atom stereocenters. The second kappa shape index (κ2) is 7.99. The maximum absolute atomic E-state index is 11.2. The Morgan fingerprint density at radius 2 is 2.00 bits per heavy atom. The highest BCUT2D eigenvalue weighted by Gasteiger charge is 2.21. The lowest BCUT2D eigenvalue weighted by atomic mass is 9.91. The van der Waals surface area contributed by atoms with Gasteiger partial charge in [-0.05, 0) is 63.3 Å². The minimum Gasteiger partial charge on any atom is -0.309 e. The first-order valence-electron chi connectivity index (χ1n) is 9.36. The lowest BCUT2D eigenvalue weighted by Crippen LogP contribution is -2.36. The van der Waals surface area contributed by atoms with Crippen LogP contribution in [-0.4, -0.2) is 38.7 Å². The number of piperidine rings is 1. The molecule has 1 saturated heterocycles. The summed E-state index contributed by atoms with van der Waals surface area (Å²) in [6.07, 6.45) is 3.62. The molecule has 1 aliphatic heterocycles. The molecule has 2 aromatic rings. The van der Waals surface area contributed by atoms with Gasteiger partial charge in [-0.15, -0.1) is 0 Å². The zero-order chi connectivity index (χ0) is 18.7. The number of nitrogens with one attached hydrogen (secondary N) is 1. The first-order chi connectivity index (χ1) is 12.4. The topological polar surface area (TPSA) is 63.1 Å². The highest BCUT2D eigenvalue weighted by atomic mass is 16.1. The molecule has 3 heterocycles. The molecule has 26 heavy (non-hydrogen) atoms. The van der Waals surface area contributed by atoms with Gasteiger partial charge in [0.25, 0.3) is 0 Å². The third-order valence-electron chi connectivity index (χ3n) is 4.94. The minimum atomic E-state index is -0.0874. The van der Waals surface area contributed by atoms with E-state index in [0.717, 1.165) is 43.1 Å². The fourth-order valence-corrected chi connectivity index (χ4v) is 3.96. The first kappa shape index (κ1) is 18.6. The van der Waals surface area contributed by atoms with Gasteiger partial charge in [0.05, 0.1) is 5.69 Å². The number of aryl methyl sites for hydroxylation is 3. The van der Waals surface area contributed by atoms with E-state index in [1.807, 2.05) is 17.8 Å². The molecule has 0 saturated carbocycles. The third kappa shape index (κ3) is 4.91. The molecule has 6 heteroatoms. The van der Waals surface area contributed by atoms with Gasteiger partial charge in [0, 0.05) is 44.5 Å². The Kier molecular flexibility index (Phi) is 5.71. The van der Waals surface area contributed by atoms with Crippen LogP contribution in [0.2, 0.25) is 0 Å². The van der Waals surface area contributed by atoms with E-state index < -0.39 is 0 Å². The summed E-state index contributed by atoms with van der Waals surface area (Å²) >= 11 is 0. The van der Waals surface area contributed by atoms with Crippen LogP contribution in [0.15, 0.2) is 18.2 Å². The van der Waals surface area contributed by atoms with E-state index in [0.29, 0.717) is 11.7 Å². The number of pyridine rings is 1. The summed E-state index contributed by atoms with van der Waals surface area (Å²) in [5.41, 5.74) is 4.74. The zero-order valence-corrected chi connectivity index (χ0v) is 16.2. The number of likely N-dealkylation sites (tertiary alicyclic amines) is 1. The quantitative estimate of drug-likeness (QED) is 0.896. The van der Waals surface area contributed by atoms with Crippen molar-refractivity contribution in [2.24, 2.45) is 13.0 Å². The van der Waals surface area contributed by atoms with Gasteiger partial charge < -0.3 is 5.32 Å². The van der Waals surface area contributed by atoms with Crippen LogP contribution in [0.4, 0.5) is 5.82 Å². The number of amides is 1. The predicted octanol–water partition coefficient (Wildman–Crippen LogP) is 2.85. The second-order valence-corrected chi connectivity index (χ2v) is 7.53. The van der Waals surface area contributed by atoms with Crippen LogP contribution in [0.1, 0.15) is 42.4 Å². The molecule has 6 nitrogen and oxygen atoms in total. The van der Waals surface area contributed by atoms with Gasteiger partial charge in [-0.2, -0.15) is 5.10 Å². The zero-order valence-electron chi connectivity index (χ0n) is 16.2. The largest absolute Gasteiger partial charge is 0.309 e. The molecule has 0 bridgehead atoms. The fraction of sp³-hybridized carbons (Fsp3) is 0.550. The highest BCUT2D eigenvalue weighted by molar-refractivity contribution is 5.87. The Morgan fingerprint density at radius 1 is 1.27 bits per heavy atom. The molecule has 0 unspecified atom stereocenters. The predicted molar refractivity (Wildman–Crippen MR) is 103 cm³/mol. The second-order valence-electron chi connectivity index (χ2n) is 7.53. The average Bonchev–Trinajstić information content (AvgIpc) is 2.85. The van der Waals surface area contributed by atoms with E-state index in [1.54, 1.807) is 0 Å². The Labute approximate surface area is 155 Å². The van der Waals surface area contributed by atoms with Crippen LogP contribution >= 0.6 is 0 Å². The SMILES string of the molecule is CC(=O)Nc1cc(CN2CCC[C@H](Cc3cc(C)nc(C)c3)C2)n(C)n1. The van der Waals surface area contributed by atoms with E-state index in [9.17, 15) is 4.79 Å². The van der Waals surface area contributed by atoms with Crippen LogP contribution in [-0.2, 0) is 24.8 Å². The van der Waals surface area contributed by atoms with Gasteiger partial charge in [0.15, 0.2) is 5.82 Å². The molecule has 1 aliphatic rings. The maximum Gasteiger partial charge on any atom is 0.222 e. The third-order valence-corrected chi connectivity index (χ3v) is 4.94. The van der Waals surface area contributed by atoms with Crippen molar-refractivity contribution < 1.29 is 4.79 Å². The van der Waals surface area contributed by atoms with Crippen molar-refractivity contribution in [3.05, 3.63) is 40.8 Å². The molecule has 2 aromatic heterocycles. The van der Waals surface area contributed by atoms with Crippen molar-refractivity contribution in [3.8, 4) is 0 Å². The molecule has 1 fully saturated rings. The van der Waals surface area contributed by atoms with Crippen molar-refractivity contribution in [2.45, 2.75) is 46.6 Å². The van der Waals surface area contributed by atoms with Crippen molar-refractivity contribution in [1.29, 1.82) is 0 Å². The number of carbonyl (C=O) groups excluding carboxylic acids is 1. The molecule has 3 rings (SSSR count). The van der Waals surface area contributed by atoms with Gasteiger partial charge in [0.1, 0.15) is 0 Å². The molecule has 1 N–H and O–H groups in total. The summed E-state index contributed by atoms with van der Waals surface area (Å²) in [4.78, 5) is 18.2. The van der Waals surface area contributed by atoms with Crippen LogP contribution in [0.3, 0.4) is 0 Å². The number of nitrogens with zero attached hydrogens (tertiary/aromatic N) is 4. The number of hydrogen-bond acceptors (Lipinski definition) is 4. The smallest absolute Gasteiger partial charge is 0.222 e. The Morgan fingerprint density at radius 3 is 2.69 bits per heavy atom. The lowest BCUT2D eigenvalue weighted by molar-refractivity contribution is -0.114. The summed E-state index contributed by atoms with van der Waals surface area (Å²) in [6, 6.07) is 6.40. The minimum absolute atomic E-state index is 0.0874. The van der Waals surface area contributed by atoms with Crippen molar-refractivity contribution in [3.63, 3.8) is 0 Å². The van der Waals surface area contributed by atoms with Crippen molar-refractivity contribution >= 4 is 11.7 Å². The van der Waals surface area contributed by atoms with E-state index in [-0.39, 0.29) is 5.91 Å². The Bertz CT molecular complexity index is 762. The summed E-state index contributed by atoms with van der Waals surface area (Å²) in [6.45, 7) is 8.73. The monoisotopic (exact) mass is 355 g/mol. The van der Waals surface area contributed by atoms with Crippen LogP contribution in [0.5, 0.6) is 0 Å². The van der Waals surface area contributed by atoms with Gasteiger partial charge in [0.2, 0.25) is 5.91 Å². The van der Waals surface area contributed by atoms with Gasteiger partial charge in [-0.1, -0.05) is 0 Å². The summed E-state index contributed by atoms with van der Waals surface area (Å²) in [5.74, 6) is 1.22. The fourth-order valence-electron chi connectivity index (χ4n) is 3.96. The van der Waals surface area contributed by atoms with Gasteiger partial charge in [-0.25, -0.2) is 0 Å². The molecule has 0 aromatic carbocycles. The summed E-state index contributed by atoms with van der Waals surface area (Å²) in [7, 11) is 1.94. The van der Waals surface area contributed by atoms with Gasteiger partial charge in [-0.3, -0.25) is 19.4 Å². The normalized spacial score (nSPS) is 18.1. The Hall–Kier alpha value is -2.21. The first-order valence-corrected chi connectivity index (χ1v) is 9.36. The van der Waals surface area contributed by atoms with Crippen molar-refractivity contribution in [2.75, 3.05) is 18.4 Å². The van der Waals surface area contributed by atoms with E-state index in [2.05, 4.69) is 46.3 Å². The Balaban J connectivity index is 1.61. The molecule has 140 valence electrons. The number of hydrogen-bond donors (Lipinski definition) is 1. The maximum atomic E-state index is 11.2.